The van der Waals surface area contributed by atoms with Crippen LogP contribution in [0.25, 0.3) is 11.3 Å². The maximum absolute atomic E-state index is 13.0. The number of nitrogens with zero attached hydrogens (tertiary/aromatic N) is 1. The van der Waals surface area contributed by atoms with Gasteiger partial charge >= 0.3 is 6.09 Å². The third-order valence-electron chi connectivity index (χ3n) is 4.03. The molecule has 8 nitrogen and oxygen atoms in total. The predicted octanol–water partition coefficient (Wildman–Crippen LogP) is 4.65. The van der Waals surface area contributed by atoms with Gasteiger partial charge in [0, 0.05) is 5.56 Å². The van der Waals surface area contributed by atoms with Crippen LogP contribution in [0.2, 0.25) is 0 Å². The molecule has 0 unspecified atom stereocenters. The molecule has 0 saturated heterocycles. The van der Waals surface area contributed by atoms with Gasteiger partial charge in [-0.15, -0.1) is 0 Å². The second-order valence-electron chi connectivity index (χ2n) is 5.90. The summed E-state index contributed by atoms with van der Waals surface area (Å²) in [5, 5.41) is 6.22. The molecule has 2 aromatic carbocycles. The molecule has 0 radical (unpaired) electrons. The number of carbonyl (C=O) groups excluding carboxylic acids is 2. The van der Waals surface area contributed by atoms with Gasteiger partial charge in [-0.3, -0.25) is 10.1 Å². The number of para-hydroxylation sites is 1. The summed E-state index contributed by atoms with van der Waals surface area (Å²) in [5.41, 5.74) is 1.63. The lowest BCUT2D eigenvalue weighted by Crippen LogP contribution is -2.13. The maximum atomic E-state index is 13.0. The van der Waals surface area contributed by atoms with Gasteiger partial charge in [-0.1, -0.05) is 47.7 Å². The third-order valence-corrected chi connectivity index (χ3v) is 4.92. The van der Waals surface area contributed by atoms with Crippen LogP contribution in [0.5, 0.6) is 11.5 Å². The molecule has 0 aliphatic heterocycles. The van der Waals surface area contributed by atoms with Crippen LogP contribution in [0.1, 0.15) is 17.3 Å². The first-order valence-corrected chi connectivity index (χ1v) is 9.91. The highest BCUT2D eigenvalue weighted by molar-refractivity contribution is 7.20. The number of nitrogens with one attached hydrogen (secondary N) is 2. The SMILES string of the molecule is CCOC(=O)Nc1nc(-c2ccccc2)c(NC(=O)c2cccc(OC)c2OC)s1. The van der Waals surface area contributed by atoms with Gasteiger partial charge in [0.2, 0.25) is 0 Å². The molecule has 0 atom stereocenters. The summed E-state index contributed by atoms with van der Waals surface area (Å²) in [4.78, 5) is 29.2. The third kappa shape index (κ3) is 4.69. The monoisotopic (exact) mass is 427 g/mol. The Kier molecular flexibility index (Phi) is 6.87. The highest BCUT2D eigenvalue weighted by Crippen LogP contribution is 2.37. The van der Waals surface area contributed by atoms with Gasteiger partial charge in [0.1, 0.15) is 10.7 Å². The zero-order valence-corrected chi connectivity index (χ0v) is 17.5. The van der Waals surface area contributed by atoms with E-state index in [-0.39, 0.29) is 6.61 Å². The number of hydrogen-bond donors (Lipinski definition) is 2. The lowest BCUT2D eigenvalue weighted by molar-refractivity contribution is 0.102. The van der Waals surface area contributed by atoms with Crippen LogP contribution in [0.4, 0.5) is 14.9 Å². The van der Waals surface area contributed by atoms with Crippen LogP contribution in [-0.2, 0) is 4.74 Å². The van der Waals surface area contributed by atoms with Crippen LogP contribution in [0.15, 0.2) is 48.5 Å². The van der Waals surface area contributed by atoms with Gasteiger partial charge in [-0.2, -0.15) is 0 Å². The van der Waals surface area contributed by atoms with E-state index in [0.29, 0.717) is 32.9 Å². The summed E-state index contributed by atoms with van der Waals surface area (Å²) < 4.78 is 15.5. The second-order valence-corrected chi connectivity index (χ2v) is 6.90. The molecule has 0 spiro atoms. The topological polar surface area (TPSA) is 98.8 Å². The number of aromatic nitrogens is 1. The van der Waals surface area contributed by atoms with Crippen LogP contribution in [-0.4, -0.2) is 37.8 Å². The molecule has 0 aliphatic rings. The molecule has 0 saturated carbocycles. The van der Waals surface area contributed by atoms with Crippen molar-refractivity contribution in [2.75, 3.05) is 31.5 Å². The number of ether oxygens (including phenoxy) is 3. The summed E-state index contributed by atoms with van der Waals surface area (Å²) in [6, 6.07) is 14.4. The zero-order chi connectivity index (χ0) is 21.5. The second kappa shape index (κ2) is 9.75. The van der Waals surface area contributed by atoms with E-state index in [1.807, 2.05) is 30.3 Å². The van der Waals surface area contributed by atoms with E-state index in [1.54, 1.807) is 25.1 Å². The zero-order valence-electron chi connectivity index (χ0n) is 16.7. The maximum Gasteiger partial charge on any atom is 0.413 e. The fourth-order valence-electron chi connectivity index (χ4n) is 2.74. The van der Waals surface area contributed by atoms with Crippen molar-refractivity contribution in [3.63, 3.8) is 0 Å². The number of carbonyl (C=O) groups is 2. The van der Waals surface area contributed by atoms with Gasteiger partial charge in [0.15, 0.2) is 16.6 Å². The van der Waals surface area contributed by atoms with Crippen LogP contribution in [0.3, 0.4) is 0 Å². The number of rotatable bonds is 7. The van der Waals surface area contributed by atoms with Crippen molar-refractivity contribution in [3.05, 3.63) is 54.1 Å². The highest BCUT2D eigenvalue weighted by Gasteiger charge is 2.21. The lowest BCUT2D eigenvalue weighted by atomic mass is 10.1. The molecule has 3 rings (SSSR count). The van der Waals surface area contributed by atoms with Gasteiger partial charge in [-0.05, 0) is 19.1 Å². The lowest BCUT2D eigenvalue weighted by Gasteiger charge is -2.12. The molecule has 2 N–H and O–H groups in total. The normalized spacial score (nSPS) is 10.2. The fraction of sp³-hybridized carbons (Fsp3) is 0.190. The van der Waals surface area contributed by atoms with E-state index < -0.39 is 12.0 Å². The van der Waals surface area contributed by atoms with Gasteiger partial charge < -0.3 is 19.5 Å². The average Bonchev–Trinajstić information content (AvgIpc) is 3.15. The van der Waals surface area contributed by atoms with Crippen molar-refractivity contribution < 1.29 is 23.8 Å². The molecule has 9 heteroatoms. The molecular weight excluding hydrogens is 406 g/mol. The summed E-state index contributed by atoms with van der Waals surface area (Å²) in [7, 11) is 2.97. The minimum absolute atomic E-state index is 0.238. The molecule has 30 heavy (non-hydrogen) atoms. The number of hydrogen-bond acceptors (Lipinski definition) is 7. The van der Waals surface area contributed by atoms with E-state index in [2.05, 4.69) is 15.6 Å². The first-order valence-electron chi connectivity index (χ1n) is 9.09. The Morgan fingerprint density at radius 3 is 2.43 bits per heavy atom. The molecule has 0 aliphatic carbocycles. The van der Waals surface area contributed by atoms with Gasteiger partial charge in [-0.25, -0.2) is 9.78 Å². The van der Waals surface area contributed by atoms with Crippen molar-refractivity contribution in [2.45, 2.75) is 6.92 Å². The molecule has 0 fully saturated rings. The summed E-state index contributed by atoms with van der Waals surface area (Å²) >= 11 is 1.13. The van der Waals surface area contributed by atoms with Gasteiger partial charge in [0.05, 0.1) is 26.4 Å². The minimum Gasteiger partial charge on any atom is -0.493 e. The Balaban J connectivity index is 1.95. The highest BCUT2D eigenvalue weighted by atomic mass is 32.1. The smallest absolute Gasteiger partial charge is 0.413 e. The number of thiazole rings is 1. The Morgan fingerprint density at radius 2 is 1.77 bits per heavy atom. The van der Waals surface area contributed by atoms with Crippen molar-refractivity contribution >= 4 is 33.5 Å². The van der Waals surface area contributed by atoms with Crippen molar-refractivity contribution in [1.82, 2.24) is 4.98 Å². The summed E-state index contributed by atoms with van der Waals surface area (Å²) in [5.74, 6) is 0.379. The van der Waals surface area contributed by atoms with E-state index in [4.69, 9.17) is 14.2 Å². The summed E-state index contributed by atoms with van der Waals surface area (Å²) in [6.45, 7) is 1.95. The fourth-order valence-corrected chi connectivity index (χ4v) is 3.61. The van der Waals surface area contributed by atoms with Crippen LogP contribution in [0, 0.1) is 0 Å². The average molecular weight is 427 g/mol. The van der Waals surface area contributed by atoms with Gasteiger partial charge in [0.25, 0.3) is 5.91 Å². The first kappa shape index (κ1) is 21.1. The molecule has 3 aromatic rings. The number of amides is 2. The Morgan fingerprint density at radius 1 is 1.00 bits per heavy atom. The number of benzene rings is 2. The number of anilines is 2. The quantitative estimate of drug-likeness (QED) is 0.570. The number of methoxy groups -OCH3 is 2. The Labute approximate surface area is 177 Å². The van der Waals surface area contributed by atoms with Crippen LogP contribution < -0.4 is 20.1 Å². The van der Waals surface area contributed by atoms with Crippen molar-refractivity contribution in [2.24, 2.45) is 0 Å². The van der Waals surface area contributed by atoms with Crippen molar-refractivity contribution in [1.29, 1.82) is 0 Å². The largest absolute Gasteiger partial charge is 0.493 e. The van der Waals surface area contributed by atoms with E-state index in [1.165, 1.54) is 14.2 Å². The molecule has 1 aromatic heterocycles. The molecular formula is C21H21N3O5S. The summed E-state index contributed by atoms with van der Waals surface area (Å²) in [6.07, 6.45) is -0.613. The molecule has 1 heterocycles. The molecule has 2 amide bonds. The molecule has 156 valence electrons. The van der Waals surface area contributed by atoms with E-state index in [9.17, 15) is 9.59 Å². The van der Waals surface area contributed by atoms with E-state index >= 15 is 0 Å². The van der Waals surface area contributed by atoms with Crippen LogP contribution >= 0.6 is 11.3 Å². The molecule has 0 bridgehead atoms. The standard InChI is InChI=1S/C21H21N3O5S/c1-4-29-21(26)24-20-22-16(13-9-6-5-7-10-13)19(30-20)23-18(25)14-11-8-12-15(27-2)17(14)28-3/h5-12H,4H2,1-3H3,(H,23,25)(H,22,24,26). The first-order chi connectivity index (χ1) is 14.6. The minimum atomic E-state index is -0.613. The predicted molar refractivity (Wildman–Crippen MR) is 116 cm³/mol. The Hall–Kier alpha value is -3.59. The van der Waals surface area contributed by atoms with E-state index in [0.717, 1.165) is 16.9 Å². The van der Waals surface area contributed by atoms with Crippen molar-refractivity contribution in [3.8, 4) is 22.8 Å². The Bertz CT molecular complexity index is 1040.